The zero-order valence-corrected chi connectivity index (χ0v) is 6.73. The van der Waals surface area contributed by atoms with Gasteiger partial charge in [-0.2, -0.15) is 5.26 Å². The summed E-state index contributed by atoms with van der Waals surface area (Å²) in [4.78, 5) is 2.71. The molecule has 4 heteroatoms. The number of methoxy groups -OCH3 is 1. The van der Waals surface area contributed by atoms with Crippen LogP contribution in [-0.2, 0) is 0 Å². The molecule has 0 aromatic carbocycles. The average molecular weight is 166 g/mol. The van der Waals surface area contributed by atoms with E-state index in [2.05, 4.69) is 4.98 Å². The van der Waals surface area contributed by atoms with Crippen LogP contribution >= 0.6 is 12.2 Å². The molecule has 0 atom stereocenters. The van der Waals surface area contributed by atoms with E-state index in [1.807, 2.05) is 6.07 Å². The SMILES string of the molecule is COc1ccc(C#N)[nH]c1=S. The van der Waals surface area contributed by atoms with Crippen molar-refractivity contribution in [3.05, 3.63) is 22.5 Å². The molecule has 0 unspecified atom stereocenters. The summed E-state index contributed by atoms with van der Waals surface area (Å²) in [5.41, 5.74) is 0.441. The van der Waals surface area contributed by atoms with Gasteiger partial charge in [-0.25, -0.2) is 0 Å². The van der Waals surface area contributed by atoms with Crippen molar-refractivity contribution in [3.63, 3.8) is 0 Å². The van der Waals surface area contributed by atoms with Crippen molar-refractivity contribution in [3.8, 4) is 11.8 Å². The van der Waals surface area contributed by atoms with E-state index in [1.165, 1.54) is 7.11 Å². The number of H-pyrrole nitrogens is 1. The summed E-state index contributed by atoms with van der Waals surface area (Å²) in [6.45, 7) is 0. The lowest BCUT2D eigenvalue weighted by Gasteiger charge is -1.97. The largest absolute Gasteiger partial charge is 0.494 e. The van der Waals surface area contributed by atoms with E-state index in [1.54, 1.807) is 12.1 Å². The third-order valence-electron chi connectivity index (χ3n) is 1.21. The molecular weight excluding hydrogens is 160 g/mol. The fourth-order valence-corrected chi connectivity index (χ4v) is 0.948. The van der Waals surface area contributed by atoms with Crippen LogP contribution < -0.4 is 4.74 Å². The number of aromatic amines is 1. The zero-order valence-electron chi connectivity index (χ0n) is 5.92. The van der Waals surface area contributed by atoms with Crippen LogP contribution in [0.4, 0.5) is 0 Å². The fraction of sp³-hybridized carbons (Fsp3) is 0.143. The molecule has 1 N–H and O–H groups in total. The molecule has 0 aliphatic heterocycles. The van der Waals surface area contributed by atoms with E-state index in [0.29, 0.717) is 16.1 Å². The van der Waals surface area contributed by atoms with Gasteiger partial charge in [0.25, 0.3) is 0 Å². The first kappa shape index (κ1) is 7.76. The minimum Gasteiger partial charge on any atom is -0.494 e. The molecule has 0 fully saturated rings. The summed E-state index contributed by atoms with van der Waals surface area (Å²) in [5.74, 6) is 0.582. The number of rotatable bonds is 1. The maximum Gasteiger partial charge on any atom is 0.153 e. The lowest BCUT2D eigenvalue weighted by Crippen LogP contribution is -1.88. The van der Waals surface area contributed by atoms with Gasteiger partial charge in [-0.05, 0) is 12.1 Å². The van der Waals surface area contributed by atoms with Gasteiger partial charge in [0.2, 0.25) is 0 Å². The van der Waals surface area contributed by atoms with Gasteiger partial charge in [-0.1, -0.05) is 12.2 Å². The van der Waals surface area contributed by atoms with Crippen LogP contribution in [0.2, 0.25) is 0 Å². The van der Waals surface area contributed by atoms with Crippen molar-refractivity contribution >= 4 is 12.2 Å². The molecule has 1 aromatic rings. The molecule has 0 amide bonds. The molecule has 1 rings (SSSR count). The molecule has 11 heavy (non-hydrogen) atoms. The summed E-state index contributed by atoms with van der Waals surface area (Å²) < 4.78 is 5.35. The maximum absolute atomic E-state index is 8.46. The third-order valence-corrected chi connectivity index (χ3v) is 1.52. The summed E-state index contributed by atoms with van der Waals surface area (Å²) >= 11 is 4.87. The summed E-state index contributed by atoms with van der Waals surface area (Å²) in [7, 11) is 1.53. The first-order valence-corrected chi connectivity index (χ1v) is 3.36. The second-order valence-corrected chi connectivity index (χ2v) is 2.29. The van der Waals surface area contributed by atoms with E-state index < -0.39 is 0 Å². The quantitative estimate of drug-likeness (QED) is 0.645. The molecule has 0 spiro atoms. The van der Waals surface area contributed by atoms with Crippen molar-refractivity contribution in [1.29, 1.82) is 5.26 Å². The van der Waals surface area contributed by atoms with Gasteiger partial charge in [-0.3, -0.25) is 0 Å². The standard InChI is InChI=1S/C7H6N2OS/c1-10-6-3-2-5(4-8)9-7(6)11/h2-3H,1H3,(H,9,11). The summed E-state index contributed by atoms with van der Waals surface area (Å²) in [5, 5.41) is 8.46. The monoisotopic (exact) mass is 166 g/mol. The van der Waals surface area contributed by atoms with Crippen molar-refractivity contribution in [2.75, 3.05) is 7.11 Å². The van der Waals surface area contributed by atoms with Gasteiger partial charge in [-0.15, -0.1) is 0 Å². The Bertz CT molecular complexity index is 350. The number of hydrogen-bond acceptors (Lipinski definition) is 3. The highest BCUT2D eigenvalue weighted by atomic mass is 32.1. The van der Waals surface area contributed by atoms with Gasteiger partial charge >= 0.3 is 0 Å². The Kier molecular flexibility index (Phi) is 2.24. The zero-order chi connectivity index (χ0) is 8.27. The number of ether oxygens (including phenoxy) is 1. The van der Waals surface area contributed by atoms with E-state index >= 15 is 0 Å². The Balaban J connectivity index is 3.23. The highest BCUT2D eigenvalue weighted by Gasteiger charge is 1.94. The van der Waals surface area contributed by atoms with Gasteiger partial charge < -0.3 is 9.72 Å². The molecule has 56 valence electrons. The number of nitrogens with one attached hydrogen (secondary N) is 1. The predicted molar refractivity (Wildman–Crippen MR) is 42.9 cm³/mol. The van der Waals surface area contributed by atoms with Crippen LogP contribution in [-0.4, -0.2) is 12.1 Å². The van der Waals surface area contributed by atoms with Crippen LogP contribution in [0.5, 0.6) is 5.75 Å². The Hall–Kier alpha value is -1.34. The highest BCUT2D eigenvalue weighted by molar-refractivity contribution is 7.71. The normalized spacial score (nSPS) is 8.73. The molecule has 0 radical (unpaired) electrons. The Morgan fingerprint density at radius 2 is 2.36 bits per heavy atom. The predicted octanol–water partition coefficient (Wildman–Crippen LogP) is 1.62. The average Bonchev–Trinajstić information content (AvgIpc) is 2.04. The first-order chi connectivity index (χ1) is 5.27. The van der Waals surface area contributed by atoms with Gasteiger partial charge in [0, 0.05) is 0 Å². The lowest BCUT2D eigenvalue weighted by molar-refractivity contribution is 0.411. The number of pyridine rings is 1. The van der Waals surface area contributed by atoms with E-state index in [4.69, 9.17) is 22.2 Å². The molecule has 0 saturated carbocycles. The smallest absolute Gasteiger partial charge is 0.153 e. The second kappa shape index (κ2) is 3.17. The van der Waals surface area contributed by atoms with E-state index in [0.717, 1.165) is 0 Å². The minimum atomic E-state index is 0.441. The summed E-state index contributed by atoms with van der Waals surface area (Å²) in [6, 6.07) is 5.23. The van der Waals surface area contributed by atoms with Crippen LogP contribution in [0.1, 0.15) is 5.69 Å². The van der Waals surface area contributed by atoms with Gasteiger partial charge in [0.05, 0.1) is 7.11 Å². The number of hydrogen-bond donors (Lipinski definition) is 1. The molecule has 0 aliphatic carbocycles. The fourth-order valence-electron chi connectivity index (χ4n) is 0.686. The molecule has 1 heterocycles. The molecular formula is C7H6N2OS. The van der Waals surface area contributed by atoms with Crippen molar-refractivity contribution in [2.24, 2.45) is 0 Å². The van der Waals surface area contributed by atoms with Crippen LogP contribution in [0.15, 0.2) is 12.1 Å². The molecule has 0 saturated heterocycles. The third kappa shape index (κ3) is 1.57. The second-order valence-electron chi connectivity index (χ2n) is 1.88. The Morgan fingerprint density at radius 1 is 1.64 bits per heavy atom. The minimum absolute atomic E-state index is 0.441. The lowest BCUT2D eigenvalue weighted by atomic mass is 10.4. The highest BCUT2D eigenvalue weighted by Crippen LogP contribution is 2.10. The first-order valence-electron chi connectivity index (χ1n) is 2.95. The van der Waals surface area contributed by atoms with Gasteiger partial charge in [0.1, 0.15) is 16.4 Å². The van der Waals surface area contributed by atoms with Crippen LogP contribution in [0, 0.1) is 16.0 Å². The van der Waals surface area contributed by atoms with Crippen molar-refractivity contribution < 1.29 is 4.74 Å². The van der Waals surface area contributed by atoms with Gasteiger partial charge in [0.15, 0.2) is 5.75 Å². The molecule has 0 aliphatic rings. The van der Waals surface area contributed by atoms with Crippen molar-refractivity contribution in [2.45, 2.75) is 0 Å². The van der Waals surface area contributed by atoms with Crippen LogP contribution in [0.25, 0.3) is 0 Å². The number of nitriles is 1. The van der Waals surface area contributed by atoms with E-state index in [-0.39, 0.29) is 0 Å². The van der Waals surface area contributed by atoms with Crippen molar-refractivity contribution in [1.82, 2.24) is 4.98 Å². The number of aromatic nitrogens is 1. The summed E-state index contributed by atoms with van der Waals surface area (Å²) in [6.07, 6.45) is 0. The Morgan fingerprint density at radius 3 is 2.82 bits per heavy atom. The molecule has 3 nitrogen and oxygen atoms in total. The van der Waals surface area contributed by atoms with E-state index in [9.17, 15) is 0 Å². The topological polar surface area (TPSA) is 48.8 Å². The van der Waals surface area contributed by atoms with Crippen LogP contribution in [0.3, 0.4) is 0 Å². The number of nitrogens with zero attached hydrogens (tertiary/aromatic N) is 1. The molecule has 0 bridgehead atoms. The Labute approximate surface area is 69.2 Å². The maximum atomic E-state index is 8.46. The molecule has 1 aromatic heterocycles.